The largest absolute Gasteiger partial charge is 0.490 e. The first-order valence-corrected chi connectivity index (χ1v) is 13.2. The van der Waals surface area contributed by atoms with Crippen molar-refractivity contribution in [3.8, 4) is 11.5 Å². The predicted octanol–water partition coefficient (Wildman–Crippen LogP) is 5.08. The maximum Gasteiger partial charge on any atom is 0.354 e. The van der Waals surface area contributed by atoms with Crippen molar-refractivity contribution in [1.82, 2.24) is 9.88 Å². The highest BCUT2D eigenvalue weighted by Crippen LogP contribution is 2.36. The summed E-state index contributed by atoms with van der Waals surface area (Å²) in [6, 6.07) is 5.89. The molecule has 0 unspecified atom stereocenters. The van der Waals surface area contributed by atoms with Crippen LogP contribution in [0.3, 0.4) is 0 Å². The molecule has 7 heteroatoms. The molecular formula is C27H38N2O5. The second kappa shape index (κ2) is 11.5. The predicted molar refractivity (Wildman–Crippen MR) is 131 cm³/mol. The Morgan fingerprint density at radius 1 is 0.912 bits per heavy atom. The number of esters is 1. The van der Waals surface area contributed by atoms with Gasteiger partial charge in [0, 0.05) is 37.2 Å². The fourth-order valence-electron chi connectivity index (χ4n) is 5.36. The van der Waals surface area contributed by atoms with Gasteiger partial charge in [-0.3, -0.25) is 4.90 Å². The van der Waals surface area contributed by atoms with Crippen LogP contribution in [-0.2, 0) is 9.47 Å². The number of carbonyl (C=O) groups excluding carboxylic acids is 1. The summed E-state index contributed by atoms with van der Waals surface area (Å²) in [6.07, 6.45) is 12.3. The van der Waals surface area contributed by atoms with E-state index in [1.807, 2.05) is 18.2 Å². The third-order valence-corrected chi connectivity index (χ3v) is 7.34. The number of benzene rings is 1. The van der Waals surface area contributed by atoms with Gasteiger partial charge in [0.05, 0.1) is 30.9 Å². The zero-order valence-electron chi connectivity index (χ0n) is 20.2. The van der Waals surface area contributed by atoms with Crippen molar-refractivity contribution in [3.63, 3.8) is 0 Å². The van der Waals surface area contributed by atoms with E-state index >= 15 is 0 Å². The molecule has 5 rings (SSSR count). The molecule has 0 radical (unpaired) electrons. The third-order valence-electron chi connectivity index (χ3n) is 7.34. The van der Waals surface area contributed by atoms with E-state index in [2.05, 4.69) is 9.88 Å². The van der Waals surface area contributed by atoms with Gasteiger partial charge in [0.25, 0.3) is 0 Å². The minimum absolute atomic E-state index is 0.223. The van der Waals surface area contributed by atoms with Crippen molar-refractivity contribution in [2.75, 3.05) is 39.5 Å². The molecule has 3 aliphatic rings. The van der Waals surface area contributed by atoms with Crippen LogP contribution in [0.25, 0.3) is 10.9 Å². The normalized spacial score (nSPS) is 20.9. The van der Waals surface area contributed by atoms with Crippen molar-refractivity contribution in [2.45, 2.75) is 76.4 Å². The average molecular weight is 471 g/mol. The fourth-order valence-corrected chi connectivity index (χ4v) is 5.36. The number of fused-ring (bicyclic) bond motifs is 1. The number of aromatic nitrogens is 1. The molecule has 1 aliphatic heterocycles. The molecule has 186 valence electrons. The SMILES string of the molecule is O=C(OCCN1CCOCC1)c1cc2c(OC3CCCCC3)cc(OC3CCCCC3)cc2[nH]1. The van der Waals surface area contributed by atoms with Crippen LogP contribution >= 0.6 is 0 Å². The number of hydrogen-bond donors (Lipinski definition) is 1. The molecule has 1 aromatic carbocycles. The first-order chi connectivity index (χ1) is 16.7. The van der Waals surface area contributed by atoms with Gasteiger partial charge in [-0.25, -0.2) is 4.79 Å². The summed E-state index contributed by atoms with van der Waals surface area (Å²) in [7, 11) is 0. The zero-order chi connectivity index (χ0) is 23.2. The number of carbonyl (C=O) groups is 1. The summed E-state index contributed by atoms with van der Waals surface area (Å²) in [4.78, 5) is 18.3. The Balaban J connectivity index is 1.31. The standard InChI is InChI=1S/C27H38N2O5/c30-27(32-16-13-29-11-14-31-15-12-29)25-19-23-24(28-25)17-22(33-20-7-3-1-4-8-20)18-26(23)34-21-9-5-2-6-10-21/h17-21,28H,1-16H2. The smallest absolute Gasteiger partial charge is 0.354 e. The van der Waals surface area contributed by atoms with Gasteiger partial charge in [-0.1, -0.05) is 12.8 Å². The van der Waals surface area contributed by atoms with E-state index in [1.165, 1.54) is 38.5 Å². The van der Waals surface area contributed by atoms with Crippen molar-refractivity contribution in [3.05, 3.63) is 23.9 Å². The van der Waals surface area contributed by atoms with Crippen LogP contribution in [0, 0.1) is 0 Å². The fraction of sp³-hybridized carbons (Fsp3) is 0.667. The molecular weight excluding hydrogens is 432 g/mol. The summed E-state index contributed by atoms with van der Waals surface area (Å²) in [6.45, 7) is 4.35. The molecule has 1 aromatic heterocycles. The van der Waals surface area contributed by atoms with Crippen LogP contribution in [0.4, 0.5) is 0 Å². The zero-order valence-corrected chi connectivity index (χ0v) is 20.2. The third kappa shape index (κ3) is 6.05. The Kier molecular flexibility index (Phi) is 7.91. The highest BCUT2D eigenvalue weighted by atomic mass is 16.5. The van der Waals surface area contributed by atoms with Crippen molar-refractivity contribution in [2.24, 2.45) is 0 Å². The second-order valence-corrected chi connectivity index (χ2v) is 9.91. The van der Waals surface area contributed by atoms with Crippen LogP contribution < -0.4 is 9.47 Å². The summed E-state index contributed by atoms with van der Waals surface area (Å²) >= 11 is 0. The van der Waals surface area contributed by atoms with Gasteiger partial charge in [0.15, 0.2) is 0 Å². The van der Waals surface area contributed by atoms with Gasteiger partial charge in [-0.05, 0) is 57.4 Å². The van der Waals surface area contributed by atoms with E-state index in [9.17, 15) is 4.79 Å². The number of hydrogen-bond acceptors (Lipinski definition) is 6. The van der Waals surface area contributed by atoms with Gasteiger partial charge in [-0.15, -0.1) is 0 Å². The number of morpholine rings is 1. The summed E-state index contributed by atoms with van der Waals surface area (Å²) in [5.41, 5.74) is 1.32. The summed E-state index contributed by atoms with van der Waals surface area (Å²) in [5, 5.41) is 0.918. The number of aromatic amines is 1. The Bertz CT molecular complexity index is 940. The lowest BCUT2D eigenvalue weighted by Gasteiger charge is -2.26. The van der Waals surface area contributed by atoms with Crippen LogP contribution in [0.5, 0.6) is 11.5 Å². The molecule has 1 saturated heterocycles. The van der Waals surface area contributed by atoms with Crippen LogP contribution in [-0.4, -0.2) is 67.5 Å². The lowest BCUT2D eigenvalue weighted by atomic mass is 9.97. The molecule has 2 aliphatic carbocycles. The molecule has 1 N–H and O–H groups in total. The molecule has 0 atom stereocenters. The van der Waals surface area contributed by atoms with E-state index in [0.717, 1.165) is 80.9 Å². The lowest BCUT2D eigenvalue weighted by Crippen LogP contribution is -2.38. The number of rotatable bonds is 8. The molecule has 7 nitrogen and oxygen atoms in total. The summed E-state index contributed by atoms with van der Waals surface area (Å²) in [5.74, 6) is 1.29. The van der Waals surface area contributed by atoms with Crippen molar-refractivity contribution < 1.29 is 23.7 Å². The highest BCUT2D eigenvalue weighted by Gasteiger charge is 2.22. The number of nitrogens with zero attached hydrogens (tertiary/aromatic N) is 1. The number of H-pyrrole nitrogens is 1. The summed E-state index contributed by atoms with van der Waals surface area (Å²) < 4.78 is 23.8. The Morgan fingerprint density at radius 2 is 1.59 bits per heavy atom. The van der Waals surface area contributed by atoms with Crippen LogP contribution in [0.2, 0.25) is 0 Å². The minimum atomic E-state index is -0.331. The molecule has 0 amide bonds. The average Bonchev–Trinajstić information content (AvgIpc) is 3.31. The quantitative estimate of drug-likeness (QED) is 0.543. The monoisotopic (exact) mass is 470 g/mol. The van der Waals surface area contributed by atoms with E-state index in [1.54, 1.807) is 0 Å². The molecule has 2 aromatic rings. The maximum absolute atomic E-state index is 12.8. The number of nitrogens with one attached hydrogen (secondary N) is 1. The Labute approximate surface area is 202 Å². The van der Waals surface area contributed by atoms with Gasteiger partial charge in [0.2, 0.25) is 0 Å². The second-order valence-electron chi connectivity index (χ2n) is 9.91. The van der Waals surface area contributed by atoms with Crippen LogP contribution in [0.1, 0.15) is 74.7 Å². The van der Waals surface area contributed by atoms with E-state index in [-0.39, 0.29) is 18.2 Å². The molecule has 0 spiro atoms. The highest BCUT2D eigenvalue weighted by molar-refractivity contribution is 5.97. The molecule has 3 fully saturated rings. The van der Waals surface area contributed by atoms with E-state index in [4.69, 9.17) is 18.9 Å². The van der Waals surface area contributed by atoms with E-state index in [0.29, 0.717) is 12.3 Å². The van der Waals surface area contributed by atoms with Gasteiger partial charge in [0.1, 0.15) is 23.8 Å². The number of ether oxygens (including phenoxy) is 4. The lowest BCUT2D eigenvalue weighted by molar-refractivity contribution is 0.0193. The Morgan fingerprint density at radius 3 is 2.29 bits per heavy atom. The molecule has 34 heavy (non-hydrogen) atoms. The Hall–Kier alpha value is -2.25. The van der Waals surface area contributed by atoms with Crippen LogP contribution in [0.15, 0.2) is 18.2 Å². The first-order valence-electron chi connectivity index (χ1n) is 13.2. The topological polar surface area (TPSA) is 73.0 Å². The van der Waals surface area contributed by atoms with Gasteiger partial charge >= 0.3 is 5.97 Å². The van der Waals surface area contributed by atoms with Gasteiger partial charge in [-0.2, -0.15) is 0 Å². The first kappa shape index (κ1) is 23.5. The van der Waals surface area contributed by atoms with Crippen molar-refractivity contribution >= 4 is 16.9 Å². The van der Waals surface area contributed by atoms with Crippen molar-refractivity contribution in [1.29, 1.82) is 0 Å². The van der Waals surface area contributed by atoms with Gasteiger partial charge < -0.3 is 23.9 Å². The maximum atomic E-state index is 12.8. The molecule has 0 bridgehead atoms. The molecule has 2 saturated carbocycles. The molecule has 2 heterocycles. The minimum Gasteiger partial charge on any atom is -0.490 e. The van der Waals surface area contributed by atoms with E-state index < -0.39 is 0 Å².